The van der Waals surface area contributed by atoms with Gasteiger partial charge in [0.25, 0.3) is 5.91 Å². The number of aromatic nitrogens is 2. The van der Waals surface area contributed by atoms with Crippen LogP contribution in [-0.2, 0) is 0 Å². The molecule has 25 heavy (non-hydrogen) atoms. The average molecular weight is 373 g/mol. The molecule has 1 amide bonds. The Morgan fingerprint density at radius 3 is 2.68 bits per heavy atom. The molecule has 5 nitrogen and oxygen atoms in total. The van der Waals surface area contributed by atoms with Gasteiger partial charge < -0.3 is 10.2 Å². The summed E-state index contributed by atoms with van der Waals surface area (Å²) in [6.07, 6.45) is 0. The number of hydrogen-bond donors (Lipinski definition) is 1. The van der Waals surface area contributed by atoms with Gasteiger partial charge in [-0.1, -0.05) is 23.7 Å². The van der Waals surface area contributed by atoms with Gasteiger partial charge in [0.2, 0.25) is 0 Å². The van der Waals surface area contributed by atoms with E-state index < -0.39 is 0 Å². The van der Waals surface area contributed by atoms with E-state index in [-0.39, 0.29) is 11.1 Å². The lowest BCUT2D eigenvalue weighted by atomic mass is 10.1. The van der Waals surface area contributed by atoms with Crippen LogP contribution in [0.4, 0.5) is 11.5 Å². The van der Waals surface area contributed by atoms with Crippen LogP contribution in [-0.4, -0.2) is 30.0 Å². The highest BCUT2D eigenvalue weighted by Crippen LogP contribution is 2.25. The third-order valence-corrected chi connectivity index (χ3v) is 4.50. The SMILES string of the molecule is Cc1nc(-c2cccc(NC(=O)c3cc(Cl)nc(N(C)C)c3)c2)cs1. The molecule has 2 heterocycles. The third-order valence-electron chi connectivity index (χ3n) is 3.54. The van der Waals surface area contributed by atoms with Gasteiger partial charge in [0.1, 0.15) is 11.0 Å². The number of amides is 1. The predicted molar refractivity (Wildman–Crippen MR) is 104 cm³/mol. The molecule has 3 aromatic rings. The summed E-state index contributed by atoms with van der Waals surface area (Å²) < 4.78 is 0. The lowest BCUT2D eigenvalue weighted by Crippen LogP contribution is -2.15. The topological polar surface area (TPSA) is 58.1 Å². The number of carbonyl (C=O) groups excluding carboxylic acids is 1. The molecule has 128 valence electrons. The van der Waals surface area contributed by atoms with Crippen molar-refractivity contribution in [2.45, 2.75) is 6.92 Å². The van der Waals surface area contributed by atoms with Crippen LogP contribution < -0.4 is 10.2 Å². The molecule has 7 heteroatoms. The molecular formula is C18H17ClN4OS. The first-order valence-electron chi connectivity index (χ1n) is 7.61. The van der Waals surface area contributed by atoms with Gasteiger partial charge in [-0.2, -0.15) is 0 Å². The molecule has 0 radical (unpaired) electrons. The summed E-state index contributed by atoms with van der Waals surface area (Å²) in [5, 5.41) is 6.19. The van der Waals surface area contributed by atoms with Gasteiger partial charge in [-0.3, -0.25) is 4.79 Å². The van der Waals surface area contributed by atoms with Gasteiger partial charge >= 0.3 is 0 Å². The number of benzene rings is 1. The fourth-order valence-electron chi connectivity index (χ4n) is 2.30. The van der Waals surface area contributed by atoms with E-state index in [2.05, 4.69) is 15.3 Å². The standard InChI is InChI=1S/C18H17ClN4OS/c1-11-20-15(10-25-11)12-5-4-6-14(7-12)21-18(24)13-8-16(19)22-17(9-13)23(2)3/h4-10H,1-3H3,(H,21,24). The zero-order valence-corrected chi connectivity index (χ0v) is 15.6. The largest absolute Gasteiger partial charge is 0.363 e. The fraction of sp³-hybridized carbons (Fsp3) is 0.167. The second kappa shape index (κ2) is 7.21. The van der Waals surface area contributed by atoms with Gasteiger partial charge in [-0.05, 0) is 31.2 Å². The molecule has 0 fully saturated rings. The number of anilines is 2. The van der Waals surface area contributed by atoms with Gasteiger partial charge in [-0.15, -0.1) is 11.3 Å². The Morgan fingerprint density at radius 2 is 2.00 bits per heavy atom. The molecule has 0 saturated heterocycles. The average Bonchev–Trinajstić information content (AvgIpc) is 3.01. The van der Waals surface area contributed by atoms with Gasteiger partial charge in [-0.25, -0.2) is 9.97 Å². The van der Waals surface area contributed by atoms with Crippen molar-refractivity contribution >= 4 is 40.4 Å². The minimum atomic E-state index is -0.237. The quantitative estimate of drug-likeness (QED) is 0.686. The molecule has 0 aliphatic carbocycles. The van der Waals surface area contributed by atoms with Crippen LogP contribution in [0.1, 0.15) is 15.4 Å². The van der Waals surface area contributed by atoms with Crippen molar-refractivity contribution in [1.29, 1.82) is 0 Å². The molecule has 0 aliphatic heterocycles. The van der Waals surface area contributed by atoms with Gasteiger partial charge in [0.15, 0.2) is 0 Å². The summed E-state index contributed by atoms with van der Waals surface area (Å²) >= 11 is 7.62. The molecule has 0 spiro atoms. The van der Waals surface area contributed by atoms with Crippen LogP contribution >= 0.6 is 22.9 Å². The van der Waals surface area contributed by atoms with E-state index in [4.69, 9.17) is 11.6 Å². The number of pyridine rings is 1. The summed E-state index contributed by atoms with van der Waals surface area (Å²) in [4.78, 5) is 23.0. The first-order chi connectivity index (χ1) is 11.9. The summed E-state index contributed by atoms with van der Waals surface area (Å²) in [5.74, 6) is 0.392. The highest BCUT2D eigenvalue weighted by Gasteiger charge is 2.11. The van der Waals surface area contributed by atoms with Crippen molar-refractivity contribution in [2.24, 2.45) is 0 Å². The lowest BCUT2D eigenvalue weighted by Gasteiger charge is -2.13. The van der Waals surface area contributed by atoms with E-state index in [1.54, 1.807) is 28.4 Å². The van der Waals surface area contributed by atoms with Crippen molar-refractivity contribution in [1.82, 2.24) is 9.97 Å². The molecule has 0 aliphatic rings. The lowest BCUT2D eigenvalue weighted by molar-refractivity contribution is 0.102. The maximum atomic E-state index is 12.6. The van der Waals surface area contributed by atoms with Crippen molar-refractivity contribution in [2.75, 3.05) is 24.3 Å². The summed E-state index contributed by atoms with van der Waals surface area (Å²) in [6.45, 7) is 1.97. The number of aryl methyl sites for hydroxylation is 1. The van der Waals surface area contributed by atoms with E-state index in [9.17, 15) is 4.79 Å². The molecule has 3 rings (SSSR count). The maximum absolute atomic E-state index is 12.6. The highest BCUT2D eigenvalue weighted by atomic mass is 35.5. The number of nitrogens with zero attached hydrogens (tertiary/aromatic N) is 3. The Hall–Kier alpha value is -2.44. The molecule has 1 N–H and O–H groups in total. The van der Waals surface area contributed by atoms with Crippen LogP contribution in [0.15, 0.2) is 41.8 Å². The molecule has 0 atom stereocenters. The number of rotatable bonds is 4. The van der Waals surface area contributed by atoms with Crippen LogP contribution in [0.5, 0.6) is 0 Å². The number of halogens is 1. The van der Waals surface area contributed by atoms with Crippen molar-refractivity contribution in [3.05, 3.63) is 57.5 Å². The van der Waals surface area contributed by atoms with Gasteiger partial charge in [0.05, 0.1) is 10.7 Å². The summed E-state index contributed by atoms with van der Waals surface area (Å²) in [5.41, 5.74) is 3.02. The summed E-state index contributed by atoms with van der Waals surface area (Å²) in [6, 6.07) is 10.9. The van der Waals surface area contributed by atoms with Crippen LogP contribution in [0.25, 0.3) is 11.3 Å². The Morgan fingerprint density at radius 1 is 1.20 bits per heavy atom. The molecule has 0 saturated carbocycles. The molecule has 0 bridgehead atoms. The minimum absolute atomic E-state index is 0.237. The van der Waals surface area contributed by atoms with Gasteiger partial charge in [0, 0.05) is 36.3 Å². The van der Waals surface area contributed by atoms with Crippen LogP contribution in [0.3, 0.4) is 0 Å². The van der Waals surface area contributed by atoms with Crippen molar-refractivity contribution in [3.8, 4) is 11.3 Å². The zero-order valence-electron chi connectivity index (χ0n) is 14.1. The number of hydrogen-bond acceptors (Lipinski definition) is 5. The van der Waals surface area contributed by atoms with E-state index in [0.717, 1.165) is 16.3 Å². The van der Waals surface area contributed by atoms with Crippen LogP contribution in [0.2, 0.25) is 5.15 Å². The Balaban J connectivity index is 1.84. The zero-order chi connectivity index (χ0) is 18.0. The Kier molecular flexibility index (Phi) is 5.01. The van der Waals surface area contributed by atoms with E-state index >= 15 is 0 Å². The number of carbonyl (C=O) groups is 1. The number of nitrogens with one attached hydrogen (secondary N) is 1. The smallest absolute Gasteiger partial charge is 0.255 e. The Bertz CT molecular complexity index is 923. The normalized spacial score (nSPS) is 10.6. The first kappa shape index (κ1) is 17.4. The Labute approximate surface area is 155 Å². The van der Waals surface area contributed by atoms with E-state index in [1.165, 1.54) is 0 Å². The van der Waals surface area contributed by atoms with E-state index in [1.807, 2.05) is 50.7 Å². The van der Waals surface area contributed by atoms with E-state index in [0.29, 0.717) is 17.1 Å². The highest BCUT2D eigenvalue weighted by molar-refractivity contribution is 7.09. The second-order valence-electron chi connectivity index (χ2n) is 5.72. The third kappa shape index (κ3) is 4.15. The van der Waals surface area contributed by atoms with Crippen molar-refractivity contribution < 1.29 is 4.79 Å². The number of thiazole rings is 1. The fourth-order valence-corrected chi connectivity index (χ4v) is 3.12. The second-order valence-corrected chi connectivity index (χ2v) is 7.17. The molecule has 2 aromatic heterocycles. The predicted octanol–water partition coefficient (Wildman–Crippen LogP) is 4.49. The minimum Gasteiger partial charge on any atom is -0.363 e. The van der Waals surface area contributed by atoms with Crippen molar-refractivity contribution in [3.63, 3.8) is 0 Å². The first-order valence-corrected chi connectivity index (χ1v) is 8.87. The monoisotopic (exact) mass is 372 g/mol. The molecule has 0 unspecified atom stereocenters. The summed E-state index contributed by atoms with van der Waals surface area (Å²) in [7, 11) is 3.69. The molecule has 1 aromatic carbocycles. The molecular weight excluding hydrogens is 356 g/mol. The van der Waals surface area contributed by atoms with Crippen LogP contribution in [0, 0.1) is 6.92 Å². The maximum Gasteiger partial charge on any atom is 0.255 e.